The number of halogens is 1. The van der Waals surface area contributed by atoms with Gasteiger partial charge >= 0.3 is 0 Å². The van der Waals surface area contributed by atoms with E-state index < -0.39 is 0 Å². The molecule has 2 aromatic heterocycles. The Kier molecular flexibility index (Phi) is 3.36. The van der Waals surface area contributed by atoms with Crippen LogP contribution in [0, 0.1) is 13.8 Å². The second-order valence-electron chi connectivity index (χ2n) is 4.63. The van der Waals surface area contributed by atoms with Crippen molar-refractivity contribution < 1.29 is 4.74 Å². The summed E-state index contributed by atoms with van der Waals surface area (Å²) in [5, 5.41) is 3.35. The van der Waals surface area contributed by atoms with Crippen molar-refractivity contribution in [3.63, 3.8) is 0 Å². The number of rotatable bonds is 2. The summed E-state index contributed by atoms with van der Waals surface area (Å²) < 4.78 is 5.33. The molecule has 0 radical (unpaired) electrons. The topological polar surface area (TPSA) is 35.0 Å². The molecule has 0 bridgehead atoms. The van der Waals surface area contributed by atoms with Crippen LogP contribution in [0.5, 0.6) is 5.75 Å². The molecule has 0 saturated carbocycles. The minimum Gasteiger partial charge on any atom is -0.495 e. The van der Waals surface area contributed by atoms with Crippen molar-refractivity contribution in [1.29, 1.82) is 0 Å². The van der Waals surface area contributed by atoms with Crippen LogP contribution < -0.4 is 4.74 Å². The number of ether oxygens (including phenoxy) is 1. The maximum Gasteiger partial charge on any atom is 0.175 e. The molecule has 0 N–H and O–H groups in total. The number of methoxy groups -OCH3 is 1. The summed E-state index contributed by atoms with van der Waals surface area (Å²) in [6.45, 7) is 4.07. The first-order valence-electron chi connectivity index (χ1n) is 6.16. The van der Waals surface area contributed by atoms with Crippen LogP contribution in [-0.4, -0.2) is 17.1 Å². The number of aromatic nitrogens is 2. The highest BCUT2D eigenvalue weighted by Gasteiger charge is 2.14. The third-order valence-corrected chi connectivity index (χ3v) is 4.31. The average Bonchev–Trinajstić information content (AvgIpc) is 2.85. The van der Waals surface area contributed by atoms with Crippen LogP contribution in [0.4, 0.5) is 0 Å². The number of hydrogen-bond donors (Lipinski definition) is 0. The van der Waals surface area contributed by atoms with E-state index >= 15 is 0 Å². The van der Waals surface area contributed by atoms with E-state index in [-0.39, 0.29) is 0 Å². The minimum atomic E-state index is 0.484. The average molecular weight is 305 g/mol. The Bertz CT molecular complexity index is 798. The molecule has 1 aromatic carbocycles. The van der Waals surface area contributed by atoms with E-state index in [1.807, 2.05) is 31.4 Å². The van der Waals surface area contributed by atoms with Gasteiger partial charge in [-0.2, -0.15) is 0 Å². The monoisotopic (exact) mass is 304 g/mol. The Hall–Kier alpha value is -1.65. The normalized spacial score (nSPS) is 11.0. The van der Waals surface area contributed by atoms with Crippen molar-refractivity contribution >= 4 is 33.8 Å². The fraction of sp³-hybridized carbons (Fsp3) is 0.200. The summed E-state index contributed by atoms with van der Waals surface area (Å²) >= 11 is 7.89. The number of fused-ring (bicyclic) bond motifs is 1. The van der Waals surface area contributed by atoms with Gasteiger partial charge in [0.2, 0.25) is 0 Å². The van der Waals surface area contributed by atoms with Crippen LogP contribution >= 0.6 is 22.9 Å². The van der Waals surface area contributed by atoms with Gasteiger partial charge in [0, 0.05) is 5.39 Å². The Morgan fingerprint density at radius 1 is 1.20 bits per heavy atom. The van der Waals surface area contributed by atoms with E-state index in [2.05, 4.69) is 16.0 Å². The van der Waals surface area contributed by atoms with Crippen LogP contribution in [0.1, 0.15) is 11.1 Å². The molecule has 0 aliphatic rings. The summed E-state index contributed by atoms with van der Waals surface area (Å²) in [5.41, 5.74) is 3.12. The van der Waals surface area contributed by atoms with Crippen molar-refractivity contribution in [2.24, 2.45) is 0 Å². The highest BCUT2D eigenvalue weighted by Crippen LogP contribution is 2.35. The molecular formula is C15H13ClN2OS. The van der Waals surface area contributed by atoms with Crippen LogP contribution in [-0.2, 0) is 0 Å². The molecule has 5 heteroatoms. The molecule has 3 aromatic rings. The zero-order valence-corrected chi connectivity index (χ0v) is 13.0. The van der Waals surface area contributed by atoms with Gasteiger partial charge in [0.15, 0.2) is 5.82 Å². The Morgan fingerprint density at radius 2 is 2.00 bits per heavy atom. The summed E-state index contributed by atoms with van der Waals surface area (Å²) in [4.78, 5) is 9.97. The van der Waals surface area contributed by atoms with E-state index in [1.165, 1.54) is 0 Å². The maximum atomic E-state index is 6.34. The molecule has 3 nitrogen and oxygen atoms in total. The largest absolute Gasteiger partial charge is 0.495 e. The predicted octanol–water partition coefficient (Wildman–Crippen LogP) is 4.64. The number of benzene rings is 1. The van der Waals surface area contributed by atoms with Gasteiger partial charge in [-0.3, -0.25) is 0 Å². The Labute approximate surface area is 126 Å². The third-order valence-electron chi connectivity index (χ3n) is 3.15. The van der Waals surface area contributed by atoms with E-state index in [0.717, 1.165) is 32.7 Å². The SMILES string of the molecule is COc1ccsc1-c1nc(Cl)c2c(C)cc(C)cc2n1. The highest BCUT2D eigenvalue weighted by molar-refractivity contribution is 7.13. The molecule has 0 fully saturated rings. The lowest BCUT2D eigenvalue weighted by atomic mass is 10.1. The molecule has 0 atom stereocenters. The van der Waals surface area contributed by atoms with Gasteiger partial charge in [0.1, 0.15) is 15.8 Å². The summed E-state index contributed by atoms with van der Waals surface area (Å²) in [6, 6.07) is 6.02. The van der Waals surface area contributed by atoms with Crippen LogP contribution in [0.3, 0.4) is 0 Å². The smallest absolute Gasteiger partial charge is 0.175 e. The van der Waals surface area contributed by atoms with Crippen LogP contribution in [0.25, 0.3) is 21.6 Å². The Morgan fingerprint density at radius 3 is 2.75 bits per heavy atom. The molecular weight excluding hydrogens is 292 g/mol. The molecule has 2 heterocycles. The standard InChI is InChI=1S/C15H13ClN2OS/c1-8-6-9(2)12-10(7-8)17-15(18-14(12)16)13-11(19-3)4-5-20-13/h4-7H,1-3H3. The summed E-state index contributed by atoms with van der Waals surface area (Å²) in [5.74, 6) is 1.38. The van der Waals surface area contributed by atoms with Gasteiger partial charge in [-0.15, -0.1) is 11.3 Å². The summed E-state index contributed by atoms with van der Waals surface area (Å²) in [7, 11) is 1.64. The number of hydrogen-bond acceptors (Lipinski definition) is 4. The number of nitrogens with zero attached hydrogens (tertiary/aromatic N) is 2. The minimum absolute atomic E-state index is 0.484. The molecule has 3 rings (SSSR count). The highest BCUT2D eigenvalue weighted by atomic mass is 35.5. The van der Waals surface area contributed by atoms with E-state index in [4.69, 9.17) is 16.3 Å². The second kappa shape index (κ2) is 5.04. The van der Waals surface area contributed by atoms with Crippen molar-refractivity contribution in [3.8, 4) is 16.5 Å². The molecule has 0 amide bonds. The zero-order chi connectivity index (χ0) is 14.3. The molecule has 0 aliphatic carbocycles. The van der Waals surface area contributed by atoms with Gasteiger partial charge in [0.25, 0.3) is 0 Å². The number of thiophene rings is 1. The molecule has 0 saturated heterocycles. The molecule has 0 aliphatic heterocycles. The lowest BCUT2D eigenvalue weighted by Crippen LogP contribution is -1.94. The lowest BCUT2D eigenvalue weighted by Gasteiger charge is -2.08. The van der Waals surface area contributed by atoms with Crippen molar-refractivity contribution in [2.45, 2.75) is 13.8 Å². The molecule has 20 heavy (non-hydrogen) atoms. The van der Waals surface area contributed by atoms with Gasteiger partial charge in [-0.25, -0.2) is 9.97 Å². The second-order valence-corrected chi connectivity index (χ2v) is 5.91. The van der Waals surface area contributed by atoms with Gasteiger partial charge in [-0.1, -0.05) is 17.7 Å². The van der Waals surface area contributed by atoms with Crippen molar-refractivity contribution in [1.82, 2.24) is 9.97 Å². The fourth-order valence-corrected chi connectivity index (χ4v) is 3.43. The zero-order valence-electron chi connectivity index (χ0n) is 11.4. The van der Waals surface area contributed by atoms with Crippen LogP contribution in [0.2, 0.25) is 5.15 Å². The molecule has 0 unspecified atom stereocenters. The van der Waals surface area contributed by atoms with Crippen molar-refractivity contribution in [3.05, 3.63) is 39.9 Å². The van der Waals surface area contributed by atoms with E-state index in [1.54, 1.807) is 18.4 Å². The predicted molar refractivity (Wildman–Crippen MR) is 83.9 cm³/mol. The lowest BCUT2D eigenvalue weighted by molar-refractivity contribution is 0.418. The fourth-order valence-electron chi connectivity index (χ4n) is 2.31. The third kappa shape index (κ3) is 2.15. The first-order chi connectivity index (χ1) is 9.60. The van der Waals surface area contributed by atoms with E-state index in [0.29, 0.717) is 11.0 Å². The van der Waals surface area contributed by atoms with E-state index in [9.17, 15) is 0 Å². The van der Waals surface area contributed by atoms with Gasteiger partial charge in [-0.05, 0) is 42.5 Å². The molecule has 0 spiro atoms. The maximum absolute atomic E-state index is 6.34. The first-order valence-corrected chi connectivity index (χ1v) is 7.42. The number of aryl methyl sites for hydroxylation is 2. The Balaban J connectivity index is 2.29. The quantitative estimate of drug-likeness (QED) is 0.647. The van der Waals surface area contributed by atoms with Crippen molar-refractivity contribution in [2.75, 3.05) is 7.11 Å². The molecule has 102 valence electrons. The van der Waals surface area contributed by atoms with Crippen LogP contribution in [0.15, 0.2) is 23.6 Å². The summed E-state index contributed by atoms with van der Waals surface area (Å²) in [6.07, 6.45) is 0. The first kappa shape index (κ1) is 13.3. The van der Waals surface area contributed by atoms with Gasteiger partial charge in [0.05, 0.1) is 12.6 Å². The van der Waals surface area contributed by atoms with Gasteiger partial charge < -0.3 is 4.74 Å².